The Morgan fingerprint density at radius 3 is 2.55 bits per heavy atom. The first-order valence-corrected chi connectivity index (χ1v) is 7.39. The Hall–Kier alpha value is -2.56. The Bertz CT molecular complexity index is 603. The molecule has 5 heteroatoms. The summed E-state index contributed by atoms with van der Waals surface area (Å²) < 4.78 is 5.03. The molecule has 0 saturated heterocycles. The van der Waals surface area contributed by atoms with Crippen LogP contribution in [0.1, 0.15) is 42.3 Å². The van der Waals surface area contributed by atoms with Gasteiger partial charge in [-0.15, -0.1) is 0 Å². The second kappa shape index (κ2) is 8.02. The molecule has 0 aliphatic rings. The Morgan fingerprint density at radius 2 is 1.91 bits per heavy atom. The monoisotopic (exact) mass is 300 g/mol. The van der Waals surface area contributed by atoms with Gasteiger partial charge in [0.2, 0.25) is 5.91 Å². The zero-order valence-corrected chi connectivity index (χ0v) is 12.6. The van der Waals surface area contributed by atoms with Crippen LogP contribution in [-0.2, 0) is 11.3 Å². The van der Waals surface area contributed by atoms with Gasteiger partial charge in [-0.3, -0.25) is 9.59 Å². The molecule has 2 amide bonds. The zero-order chi connectivity index (χ0) is 15.8. The molecule has 0 spiro atoms. The number of unbranched alkanes of at least 4 members (excludes halogenated alkanes) is 1. The van der Waals surface area contributed by atoms with E-state index in [1.165, 1.54) is 6.26 Å². The third kappa shape index (κ3) is 4.77. The number of carbonyl (C=O) groups is 2. The van der Waals surface area contributed by atoms with Crippen LogP contribution in [0, 0.1) is 0 Å². The van der Waals surface area contributed by atoms with Gasteiger partial charge in [-0.1, -0.05) is 25.5 Å². The zero-order valence-electron chi connectivity index (χ0n) is 12.6. The molecule has 0 unspecified atom stereocenters. The van der Waals surface area contributed by atoms with Crippen LogP contribution in [-0.4, -0.2) is 11.8 Å². The summed E-state index contributed by atoms with van der Waals surface area (Å²) in [5, 5.41) is 5.62. The van der Waals surface area contributed by atoms with Gasteiger partial charge in [-0.25, -0.2) is 0 Å². The minimum absolute atomic E-state index is 0.0667. The molecule has 5 nitrogen and oxygen atoms in total. The third-order valence-electron chi connectivity index (χ3n) is 3.20. The van der Waals surface area contributed by atoms with Crippen LogP contribution >= 0.6 is 0 Å². The van der Waals surface area contributed by atoms with E-state index in [1.54, 1.807) is 24.3 Å². The molecule has 1 heterocycles. The maximum Gasteiger partial charge on any atom is 0.291 e. The van der Waals surface area contributed by atoms with Gasteiger partial charge >= 0.3 is 0 Å². The van der Waals surface area contributed by atoms with Crippen molar-refractivity contribution in [2.24, 2.45) is 0 Å². The molecule has 22 heavy (non-hydrogen) atoms. The number of benzene rings is 1. The van der Waals surface area contributed by atoms with Crippen LogP contribution in [0.5, 0.6) is 0 Å². The molecule has 0 radical (unpaired) electrons. The van der Waals surface area contributed by atoms with Crippen LogP contribution in [0.3, 0.4) is 0 Å². The topological polar surface area (TPSA) is 71.3 Å². The van der Waals surface area contributed by atoms with Gasteiger partial charge in [0, 0.05) is 18.7 Å². The highest BCUT2D eigenvalue weighted by Gasteiger charge is 2.08. The Labute approximate surface area is 129 Å². The predicted molar refractivity (Wildman–Crippen MR) is 84.5 cm³/mol. The predicted octanol–water partition coefficient (Wildman–Crippen LogP) is 3.34. The van der Waals surface area contributed by atoms with E-state index in [1.807, 2.05) is 12.1 Å². The van der Waals surface area contributed by atoms with E-state index in [0.717, 1.165) is 18.4 Å². The lowest BCUT2D eigenvalue weighted by atomic mass is 10.2. The normalized spacial score (nSPS) is 10.2. The summed E-state index contributed by atoms with van der Waals surface area (Å²) in [7, 11) is 0. The molecule has 1 aromatic heterocycles. The van der Waals surface area contributed by atoms with Crippen molar-refractivity contribution in [2.75, 3.05) is 5.32 Å². The molecule has 0 aliphatic carbocycles. The Balaban J connectivity index is 1.82. The molecule has 0 atom stereocenters. The van der Waals surface area contributed by atoms with Crippen molar-refractivity contribution in [3.8, 4) is 0 Å². The number of rotatable bonds is 7. The molecule has 0 saturated carbocycles. The summed E-state index contributed by atoms with van der Waals surface area (Å²) in [6, 6.07) is 10.6. The molecule has 1 aromatic carbocycles. The van der Waals surface area contributed by atoms with Gasteiger partial charge in [-0.05, 0) is 36.2 Å². The van der Waals surface area contributed by atoms with Gasteiger partial charge in [0.05, 0.1) is 6.26 Å². The Morgan fingerprint density at radius 1 is 1.14 bits per heavy atom. The van der Waals surface area contributed by atoms with Crippen LogP contribution in [0.2, 0.25) is 0 Å². The summed E-state index contributed by atoms with van der Waals surface area (Å²) in [5.74, 6) is 0.0509. The molecule has 116 valence electrons. The van der Waals surface area contributed by atoms with Gasteiger partial charge in [0.25, 0.3) is 5.91 Å². The second-order valence-electron chi connectivity index (χ2n) is 5.01. The number of hydrogen-bond acceptors (Lipinski definition) is 3. The van der Waals surface area contributed by atoms with Crippen LogP contribution < -0.4 is 10.6 Å². The highest BCUT2D eigenvalue weighted by Crippen LogP contribution is 2.12. The standard InChI is InChI=1S/C17H20N2O3/c1-2-3-6-16(20)18-12-13-7-9-14(10-8-13)19-17(21)15-5-4-11-22-15/h4-5,7-11H,2-3,6,12H2,1H3,(H,18,20)(H,19,21). The van der Waals surface area contributed by atoms with Crippen LogP contribution in [0.25, 0.3) is 0 Å². The van der Waals surface area contributed by atoms with Crippen molar-refractivity contribution in [1.29, 1.82) is 0 Å². The number of anilines is 1. The number of hydrogen-bond donors (Lipinski definition) is 2. The van der Waals surface area contributed by atoms with Crippen molar-refractivity contribution in [1.82, 2.24) is 5.32 Å². The fourth-order valence-electron chi connectivity index (χ4n) is 1.93. The van der Waals surface area contributed by atoms with E-state index in [0.29, 0.717) is 18.7 Å². The number of furan rings is 1. The van der Waals surface area contributed by atoms with Crippen LogP contribution in [0.4, 0.5) is 5.69 Å². The van der Waals surface area contributed by atoms with E-state index < -0.39 is 0 Å². The average Bonchev–Trinajstić information content (AvgIpc) is 3.07. The largest absolute Gasteiger partial charge is 0.459 e. The lowest BCUT2D eigenvalue weighted by Gasteiger charge is -2.07. The number of nitrogens with one attached hydrogen (secondary N) is 2. The first-order valence-electron chi connectivity index (χ1n) is 7.39. The average molecular weight is 300 g/mol. The maximum atomic E-state index is 11.8. The fourth-order valence-corrected chi connectivity index (χ4v) is 1.93. The lowest BCUT2D eigenvalue weighted by molar-refractivity contribution is -0.121. The smallest absolute Gasteiger partial charge is 0.291 e. The minimum atomic E-state index is -0.286. The highest BCUT2D eigenvalue weighted by molar-refractivity contribution is 6.02. The third-order valence-corrected chi connectivity index (χ3v) is 3.20. The van der Waals surface area contributed by atoms with Crippen LogP contribution in [0.15, 0.2) is 47.1 Å². The second-order valence-corrected chi connectivity index (χ2v) is 5.01. The van der Waals surface area contributed by atoms with Gasteiger partial charge in [0.1, 0.15) is 0 Å². The van der Waals surface area contributed by atoms with Crippen molar-refractivity contribution < 1.29 is 14.0 Å². The van der Waals surface area contributed by atoms with Crippen molar-refractivity contribution in [2.45, 2.75) is 32.7 Å². The Kier molecular flexibility index (Phi) is 5.77. The van der Waals surface area contributed by atoms with Gasteiger partial charge in [-0.2, -0.15) is 0 Å². The summed E-state index contributed by atoms with van der Waals surface area (Å²) in [4.78, 5) is 23.4. The maximum absolute atomic E-state index is 11.8. The SMILES string of the molecule is CCCCC(=O)NCc1ccc(NC(=O)c2ccco2)cc1. The summed E-state index contributed by atoms with van der Waals surface area (Å²) >= 11 is 0. The van der Waals surface area contributed by atoms with E-state index in [4.69, 9.17) is 4.42 Å². The fraction of sp³-hybridized carbons (Fsp3) is 0.294. The van der Waals surface area contributed by atoms with E-state index in [9.17, 15) is 9.59 Å². The van der Waals surface area contributed by atoms with Crippen molar-refractivity contribution >= 4 is 17.5 Å². The van der Waals surface area contributed by atoms with Crippen molar-refractivity contribution in [3.63, 3.8) is 0 Å². The van der Waals surface area contributed by atoms with E-state index in [2.05, 4.69) is 17.6 Å². The quantitative estimate of drug-likeness (QED) is 0.823. The van der Waals surface area contributed by atoms with Crippen molar-refractivity contribution in [3.05, 3.63) is 54.0 Å². The summed E-state index contributed by atoms with van der Waals surface area (Å²) in [6.07, 6.45) is 3.94. The van der Waals surface area contributed by atoms with Gasteiger partial charge in [0.15, 0.2) is 5.76 Å². The molecule has 2 aromatic rings. The molecular weight excluding hydrogens is 280 g/mol. The number of amides is 2. The summed E-state index contributed by atoms with van der Waals surface area (Å²) in [5.41, 5.74) is 1.67. The number of carbonyl (C=O) groups excluding carboxylic acids is 2. The molecule has 0 fully saturated rings. The molecule has 0 bridgehead atoms. The van der Waals surface area contributed by atoms with E-state index in [-0.39, 0.29) is 17.6 Å². The molecule has 0 aliphatic heterocycles. The molecular formula is C17H20N2O3. The highest BCUT2D eigenvalue weighted by atomic mass is 16.3. The minimum Gasteiger partial charge on any atom is -0.459 e. The van der Waals surface area contributed by atoms with E-state index >= 15 is 0 Å². The first-order chi connectivity index (χ1) is 10.7. The first kappa shape index (κ1) is 15.8. The molecule has 2 rings (SSSR count). The lowest BCUT2D eigenvalue weighted by Crippen LogP contribution is -2.22. The molecule has 2 N–H and O–H groups in total. The van der Waals surface area contributed by atoms with Gasteiger partial charge < -0.3 is 15.1 Å². The summed E-state index contributed by atoms with van der Waals surface area (Å²) in [6.45, 7) is 2.55.